The second kappa shape index (κ2) is 10.3. The molecule has 2 fully saturated rings. The van der Waals surface area contributed by atoms with Gasteiger partial charge in [0.05, 0.1) is 4.87 Å². The molecule has 2 aromatic rings. The van der Waals surface area contributed by atoms with Gasteiger partial charge < -0.3 is 9.80 Å². The van der Waals surface area contributed by atoms with Crippen molar-refractivity contribution < 1.29 is 9.59 Å². The minimum atomic E-state index is -0.212. The molecule has 2 saturated heterocycles. The van der Waals surface area contributed by atoms with Gasteiger partial charge in [-0.05, 0) is 67.6 Å². The van der Waals surface area contributed by atoms with Crippen LogP contribution < -0.4 is 0 Å². The van der Waals surface area contributed by atoms with Crippen LogP contribution in [0.25, 0.3) is 0 Å². The number of hydrogen-bond donors (Lipinski definition) is 0. The largest absolute Gasteiger partial charge is 0.338 e. The van der Waals surface area contributed by atoms with Crippen LogP contribution in [0, 0.1) is 0 Å². The first kappa shape index (κ1) is 23.2. The number of thioether (sulfide) groups is 1. The standard InChI is InChI=1S/C26H31ClN2O2S/c1-2-3-4-5-20-6-8-21(9-7-20)24(30)28-16-14-26(15-17-28)29(18-19-32-26)25(31)22-10-12-23(27)13-11-22/h6-13H,2-5,14-19H2,1H3. The third-order valence-electron chi connectivity index (χ3n) is 6.62. The first-order valence-corrected chi connectivity index (χ1v) is 13.0. The molecule has 2 heterocycles. The summed E-state index contributed by atoms with van der Waals surface area (Å²) in [5, 5.41) is 0.632. The predicted octanol–water partition coefficient (Wildman–Crippen LogP) is 5.89. The van der Waals surface area contributed by atoms with Gasteiger partial charge in [-0.2, -0.15) is 0 Å². The highest BCUT2D eigenvalue weighted by atomic mass is 35.5. The van der Waals surface area contributed by atoms with E-state index in [-0.39, 0.29) is 16.7 Å². The fourth-order valence-corrected chi connectivity index (χ4v) is 6.27. The fraction of sp³-hybridized carbons (Fsp3) is 0.462. The molecule has 0 N–H and O–H groups in total. The molecule has 2 amide bonds. The van der Waals surface area contributed by atoms with E-state index in [0.717, 1.165) is 37.1 Å². The molecule has 170 valence electrons. The average molecular weight is 471 g/mol. The summed E-state index contributed by atoms with van der Waals surface area (Å²) in [6, 6.07) is 15.2. The SMILES string of the molecule is CCCCCc1ccc(C(=O)N2CCC3(CC2)SCCN3C(=O)c2ccc(Cl)cc2)cc1. The molecule has 2 aliphatic rings. The molecule has 0 atom stereocenters. The van der Waals surface area contributed by atoms with E-state index in [9.17, 15) is 9.59 Å². The van der Waals surface area contributed by atoms with E-state index in [0.29, 0.717) is 23.7 Å². The van der Waals surface area contributed by atoms with Crippen molar-refractivity contribution in [3.8, 4) is 0 Å². The summed E-state index contributed by atoms with van der Waals surface area (Å²) in [7, 11) is 0. The van der Waals surface area contributed by atoms with Crippen LogP contribution in [0.3, 0.4) is 0 Å². The maximum atomic E-state index is 13.2. The molecule has 4 rings (SSSR count). The zero-order chi connectivity index (χ0) is 22.6. The van der Waals surface area contributed by atoms with Gasteiger partial charge in [0.2, 0.25) is 0 Å². The number of nitrogens with zero attached hydrogens (tertiary/aromatic N) is 2. The Hall–Kier alpha value is -1.98. The lowest BCUT2D eigenvalue weighted by Crippen LogP contribution is -2.53. The first-order valence-electron chi connectivity index (χ1n) is 11.6. The molecular formula is C26H31ClN2O2S. The minimum absolute atomic E-state index is 0.0603. The fourth-order valence-electron chi connectivity index (χ4n) is 4.69. The Morgan fingerprint density at radius 1 is 0.906 bits per heavy atom. The number of likely N-dealkylation sites (tertiary alicyclic amines) is 1. The highest BCUT2D eigenvalue weighted by Crippen LogP contribution is 2.44. The lowest BCUT2D eigenvalue weighted by Gasteiger charge is -2.44. The molecule has 6 heteroatoms. The monoisotopic (exact) mass is 470 g/mol. The Bertz CT molecular complexity index is 937. The topological polar surface area (TPSA) is 40.6 Å². The van der Waals surface area contributed by atoms with Crippen molar-refractivity contribution in [3.05, 3.63) is 70.2 Å². The van der Waals surface area contributed by atoms with Crippen LogP contribution in [0.2, 0.25) is 5.02 Å². The number of piperidine rings is 1. The van der Waals surface area contributed by atoms with E-state index in [1.54, 1.807) is 24.3 Å². The molecule has 0 saturated carbocycles. The second-order valence-corrected chi connectivity index (χ2v) is 10.6. The molecule has 1 spiro atoms. The van der Waals surface area contributed by atoms with E-state index < -0.39 is 0 Å². The molecule has 2 aliphatic heterocycles. The Morgan fingerprint density at radius 3 is 2.19 bits per heavy atom. The molecule has 0 unspecified atom stereocenters. The number of halogens is 1. The summed E-state index contributed by atoms with van der Waals surface area (Å²) < 4.78 is 0. The highest BCUT2D eigenvalue weighted by Gasteiger charge is 2.47. The number of carbonyl (C=O) groups is 2. The van der Waals surface area contributed by atoms with Gasteiger partial charge >= 0.3 is 0 Å². The van der Waals surface area contributed by atoms with Crippen molar-refractivity contribution in [1.82, 2.24) is 9.80 Å². The molecule has 2 aromatic carbocycles. The van der Waals surface area contributed by atoms with Crippen LogP contribution in [0.4, 0.5) is 0 Å². The van der Waals surface area contributed by atoms with Gasteiger partial charge in [0, 0.05) is 41.5 Å². The van der Waals surface area contributed by atoms with Crippen LogP contribution >= 0.6 is 23.4 Å². The maximum Gasteiger partial charge on any atom is 0.254 e. The van der Waals surface area contributed by atoms with E-state index >= 15 is 0 Å². The Morgan fingerprint density at radius 2 is 1.53 bits per heavy atom. The minimum Gasteiger partial charge on any atom is -0.338 e. The lowest BCUT2D eigenvalue weighted by atomic mass is 9.99. The molecule has 0 radical (unpaired) electrons. The summed E-state index contributed by atoms with van der Waals surface area (Å²) in [4.78, 5) is 30.0. The average Bonchev–Trinajstić information content (AvgIpc) is 3.22. The number of amides is 2. The van der Waals surface area contributed by atoms with Gasteiger partial charge in [-0.15, -0.1) is 11.8 Å². The zero-order valence-electron chi connectivity index (χ0n) is 18.7. The number of carbonyl (C=O) groups excluding carboxylic acids is 2. The third-order valence-corrected chi connectivity index (χ3v) is 8.42. The molecule has 4 nitrogen and oxygen atoms in total. The van der Waals surface area contributed by atoms with Crippen molar-refractivity contribution in [2.24, 2.45) is 0 Å². The van der Waals surface area contributed by atoms with Crippen LogP contribution in [0.15, 0.2) is 48.5 Å². The summed E-state index contributed by atoms with van der Waals surface area (Å²) in [5.41, 5.74) is 2.73. The summed E-state index contributed by atoms with van der Waals surface area (Å²) in [5.74, 6) is 1.09. The molecule has 0 bridgehead atoms. The van der Waals surface area contributed by atoms with Crippen molar-refractivity contribution in [3.63, 3.8) is 0 Å². The van der Waals surface area contributed by atoms with E-state index in [1.165, 1.54) is 24.8 Å². The van der Waals surface area contributed by atoms with Gasteiger partial charge in [-0.25, -0.2) is 0 Å². The van der Waals surface area contributed by atoms with Crippen LogP contribution in [0.1, 0.15) is 65.3 Å². The van der Waals surface area contributed by atoms with Crippen molar-refractivity contribution in [2.75, 3.05) is 25.4 Å². The van der Waals surface area contributed by atoms with E-state index in [4.69, 9.17) is 11.6 Å². The quantitative estimate of drug-likeness (QED) is 0.494. The number of rotatable bonds is 6. The van der Waals surface area contributed by atoms with Crippen LogP contribution in [-0.4, -0.2) is 51.9 Å². The van der Waals surface area contributed by atoms with Gasteiger partial charge in [-0.1, -0.05) is 43.5 Å². The Balaban J connectivity index is 1.37. The van der Waals surface area contributed by atoms with Gasteiger partial charge in [0.1, 0.15) is 0 Å². The highest BCUT2D eigenvalue weighted by molar-refractivity contribution is 8.00. The second-order valence-electron chi connectivity index (χ2n) is 8.70. The van der Waals surface area contributed by atoms with E-state index in [1.807, 2.05) is 33.7 Å². The number of aryl methyl sites for hydroxylation is 1. The number of hydrogen-bond acceptors (Lipinski definition) is 3. The van der Waals surface area contributed by atoms with Gasteiger partial charge in [0.25, 0.3) is 11.8 Å². The number of unbranched alkanes of at least 4 members (excludes halogenated alkanes) is 2. The van der Waals surface area contributed by atoms with Crippen molar-refractivity contribution >= 4 is 35.2 Å². The summed E-state index contributed by atoms with van der Waals surface area (Å²) in [6.45, 7) is 4.31. The maximum absolute atomic E-state index is 13.2. The Labute approximate surface area is 200 Å². The summed E-state index contributed by atoms with van der Waals surface area (Å²) >= 11 is 7.85. The molecule has 0 aromatic heterocycles. The van der Waals surface area contributed by atoms with Crippen LogP contribution in [-0.2, 0) is 6.42 Å². The number of benzene rings is 2. The molecular weight excluding hydrogens is 440 g/mol. The van der Waals surface area contributed by atoms with Crippen LogP contribution in [0.5, 0.6) is 0 Å². The normalized spacial score (nSPS) is 17.7. The van der Waals surface area contributed by atoms with Crippen molar-refractivity contribution in [1.29, 1.82) is 0 Å². The first-order chi connectivity index (χ1) is 15.5. The smallest absolute Gasteiger partial charge is 0.254 e. The zero-order valence-corrected chi connectivity index (χ0v) is 20.3. The predicted molar refractivity (Wildman–Crippen MR) is 132 cm³/mol. The molecule has 0 aliphatic carbocycles. The van der Waals surface area contributed by atoms with E-state index in [2.05, 4.69) is 19.1 Å². The lowest BCUT2D eigenvalue weighted by molar-refractivity contribution is 0.0498. The Kier molecular flexibility index (Phi) is 7.47. The van der Waals surface area contributed by atoms with Crippen molar-refractivity contribution in [2.45, 2.75) is 50.3 Å². The summed E-state index contributed by atoms with van der Waals surface area (Å²) in [6.07, 6.45) is 6.33. The molecule has 32 heavy (non-hydrogen) atoms. The van der Waals surface area contributed by atoms with Gasteiger partial charge in [-0.3, -0.25) is 9.59 Å². The third kappa shape index (κ3) is 4.99. The van der Waals surface area contributed by atoms with Gasteiger partial charge in [0.15, 0.2) is 0 Å².